The molecule has 0 atom stereocenters. The Balaban J connectivity index is 3.00. The quantitative estimate of drug-likeness (QED) is 0.816. The summed E-state index contributed by atoms with van der Waals surface area (Å²) in [5.41, 5.74) is -1.23. The number of aromatic nitrogens is 2. The second-order valence-corrected chi connectivity index (χ2v) is 3.66. The maximum Gasteiger partial charge on any atom is 0.389 e. The fourth-order valence-corrected chi connectivity index (χ4v) is 1.30. The van der Waals surface area contributed by atoms with Crippen molar-refractivity contribution in [3.63, 3.8) is 0 Å². The molecule has 0 aromatic carbocycles. The summed E-state index contributed by atoms with van der Waals surface area (Å²) in [6.07, 6.45) is -3.47. The highest BCUT2D eigenvalue weighted by Gasteiger charge is 2.38. The zero-order valence-corrected chi connectivity index (χ0v) is 8.99. The smallest absolute Gasteiger partial charge is 0.238 e. The van der Waals surface area contributed by atoms with E-state index in [9.17, 15) is 13.2 Å². The van der Waals surface area contributed by atoms with Crippen LogP contribution in [0.15, 0.2) is 12.4 Å². The Morgan fingerprint density at radius 1 is 1.29 bits per heavy atom. The molecule has 1 aromatic rings. The van der Waals surface area contributed by atoms with Crippen LogP contribution < -0.4 is 0 Å². The lowest BCUT2D eigenvalue weighted by Crippen LogP contribution is -2.32. The summed E-state index contributed by atoms with van der Waals surface area (Å²) < 4.78 is 37.4. The van der Waals surface area contributed by atoms with Crippen molar-refractivity contribution in [2.24, 2.45) is 0 Å². The van der Waals surface area contributed by atoms with Crippen molar-refractivity contribution in [1.82, 2.24) is 9.78 Å². The molecule has 0 spiro atoms. The average Bonchev–Trinajstić information content (AvgIpc) is 2.66. The SMILES string of the molecule is Cc1cnn(C(C#N)(C#N)CCC(F)(F)F)c1. The molecular weight excluding hydrogens is 233 g/mol. The molecule has 0 aliphatic heterocycles. The molecule has 0 saturated heterocycles. The summed E-state index contributed by atoms with van der Waals surface area (Å²) in [5, 5.41) is 21.6. The maximum absolute atomic E-state index is 12.1. The van der Waals surface area contributed by atoms with Gasteiger partial charge in [-0.1, -0.05) is 0 Å². The van der Waals surface area contributed by atoms with Crippen LogP contribution in [0.2, 0.25) is 0 Å². The number of aryl methyl sites for hydroxylation is 1. The normalized spacial score (nSPS) is 11.9. The van der Waals surface area contributed by atoms with E-state index in [1.807, 2.05) is 0 Å². The number of alkyl halides is 3. The first-order chi connectivity index (χ1) is 7.83. The van der Waals surface area contributed by atoms with Crippen LogP contribution in [-0.4, -0.2) is 16.0 Å². The van der Waals surface area contributed by atoms with Gasteiger partial charge in [0, 0.05) is 19.0 Å². The summed E-state index contributed by atoms with van der Waals surface area (Å²) in [6, 6.07) is 3.21. The molecule has 0 aliphatic carbocycles. The highest BCUT2D eigenvalue weighted by molar-refractivity contribution is 5.20. The van der Waals surface area contributed by atoms with Crippen LogP contribution in [0.1, 0.15) is 18.4 Å². The predicted molar refractivity (Wildman–Crippen MR) is 51.5 cm³/mol. The maximum atomic E-state index is 12.1. The van der Waals surface area contributed by atoms with E-state index in [2.05, 4.69) is 5.10 Å². The lowest BCUT2D eigenvalue weighted by Gasteiger charge is -2.19. The number of halogens is 3. The van der Waals surface area contributed by atoms with E-state index in [-0.39, 0.29) is 0 Å². The summed E-state index contributed by atoms with van der Waals surface area (Å²) >= 11 is 0. The van der Waals surface area contributed by atoms with Gasteiger partial charge in [0.2, 0.25) is 5.54 Å². The molecule has 4 nitrogen and oxygen atoms in total. The number of hydrogen-bond acceptors (Lipinski definition) is 3. The van der Waals surface area contributed by atoms with Crippen molar-refractivity contribution >= 4 is 0 Å². The van der Waals surface area contributed by atoms with Crippen LogP contribution >= 0.6 is 0 Å². The van der Waals surface area contributed by atoms with Gasteiger partial charge in [-0.05, 0) is 12.5 Å². The van der Waals surface area contributed by atoms with E-state index < -0.39 is 24.6 Å². The molecule has 1 heterocycles. The van der Waals surface area contributed by atoms with Gasteiger partial charge in [0.25, 0.3) is 0 Å². The van der Waals surface area contributed by atoms with Crippen LogP contribution in [0.25, 0.3) is 0 Å². The minimum Gasteiger partial charge on any atom is -0.238 e. The van der Waals surface area contributed by atoms with Crippen molar-refractivity contribution in [3.8, 4) is 12.1 Å². The summed E-state index contributed by atoms with van der Waals surface area (Å²) in [7, 11) is 0. The largest absolute Gasteiger partial charge is 0.389 e. The fraction of sp³-hybridized carbons (Fsp3) is 0.500. The third-order valence-corrected chi connectivity index (χ3v) is 2.24. The van der Waals surface area contributed by atoms with Gasteiger partial charge in [-0.15, -0.1) is 0 Å². The first kappa shape index (κ1) is 13.0. The van der Waals surface area contributed by atoms with E-state index in [0.29, 0.717) is 5.56 Å². The molecule has 0 unspecified atom stereocenters. The molecule has 90 valence electrons. The van der Waals surface area contributed by atoms with Gasteiger partial charge in [0.15, 0.2) is 0 Å². The molecule has 0 amide bonds. The summed E-state index contributed by atoms with van der Waals surface area (Å²) in [5.74, 6) is 0. The molecule has 1 aromatic heterocycles. The lowest BCUT2D eigenvalue weighted by molar-refractivity contribution is -0.137. The Bertz CT molecular complexity index is 461. The second-order valence-electron chi connectivity index (χ2n) is 3.66. The fourth-order valence-electron chi connectivity index (χ4n) is 1.30. The van der Waals surface area contributed by atoms with Crippen molar-refractivity contribution in [2.45, 2.75) is 31.5 Å². The van der Waals surface area contributed by atoms with Gasteiger partial charge < -0.3 is 0 Å². The molecule has 1 rings (SSSR count). The lowest BCUT2D eigenvalue weighted by atomic mass is 9.97. The topological polar surface area (TPSA) is 65.4 Å². The van der Waals surface area contributed by atoms with E-state index in [1.54, 1.807) is 19.1 Å². The van der Waals surface area contributed by atoms with Gasteiger partial charge in [-0.2, -0.15) is 28.8 Å². The van der Waals surface area contributed by atoms with Gasteiger partial charge in [0.05, 0.1) is 6.20 Å². The van der Waals surface area contributed by atoms with E-state index in [0.717, 1.165) is 4.68 Å². The Labute approximate surface area is 95.9 Å². The third kappa shape index (κ3) is 2.97. The van der Waals surface area contributed by atoms with E-state index in [1.165, 1.54) is 12.4 Å². The average molecular weight is 242 g/mol. The number of rotatable bonds is 3. The highest BCUT2D eigenvalue weighted by Crippen LogP contribution is 2.29. The molecule has 7 heteroatoms. The Kier molecular flexibility index (Phi) is 3.42. The zero-order valence-electron chi connectivity index (χ0n) is 8.99. The predicted octanol–water partition coefficient (Wildman–Crippen LogP) is 2.28. The Morgan fingerprint density at radius 2 is 1.88 bits per heavy atom. The molecule has 0 radical (unpaired) electrons. The molecule has 0 bridgehead atoms. The zero-order chi connectivity index (χ0) is 13.1. The Hall–Kier alpha value is -2.02. The van der Waals surface area contributed by atoms with Crippen molar-refractivity contribution in [3.05, 3.63) is 18.0 Å². The van der Waals surface area contributed by atoms with Crippen LogP contribution in [0.5, 0.6) is 0 Å². The van der Waals surface area contributed by atoms with E-state index >= 15 is 0 Å². The first-order valence-corrected chi connectivity index (χ1v) is 4.74. The molecular formula is C10H9F3N4. The number of nitriles is 2. The van der Waals surface area contributed by atoms with Crippen LogP contribution in [0.3, 0.4) is 0 Å². The molecule has 0 saturated carbocycles. The van der Waals surface area contributed by atoms with Gasteiger partial charge in [-0.3, -0.25) is 0 Å². The van der Waals surface area contributed by atoms with E-state index in [4.69, 9.17) is 10.5 Å². The minimum absolute atomic E-state index is 0.634. The van der Waals surface area contributed by atoms with Crippen molar-refractivity contribution in [2.75, 3.05) is 0 Å². The standard InChI is InChI=1S/C10H9F3N4/c1-8-4-16-17(5-8)9(6-14,7-15)2-3-10(11,12)13/h4-5H,2-3H2,1H3. The van der Waals surface area contributed by atoms with Crippen LogP contribution in [0, 0.1) is 29.6 Å². The summed E-state index contributed by atoms with van der Waals surface area (Å²) in [6.45, 7) is 1.67. The Morgan fingerprint density at radius 3 is 2.24 bits per heavy atom. The highest BCUT2D eigenvalue weighted by atomic mass is 19.4. The summed E-state index contributed by atoms with van der Waals surface area (Å²) in [4.78, 5) is 0. The first-order valence-electron chi connectivity index (χ1n) is 4.74. The van der Waals surface area contributed by atoms with Gasteiger partial charge >= 0.3 is 6.18 Å². The third-order valence-electron chi connectivity index (χ3n) is 2.24. The van der Waals surface area contributed by atoms with Crippen LogP contribution in [-0.2, 0) is 5.54 Å². The molecule has 0 fully saturated rings. The number of hydrogen-bond donors (Lipinski definition) is 0. The van der Waals surface area contributed by atoms with Gasteiger partial charge in [0.1, 0.15) is 12.1 Å². The van der Waals surface area contributed by atoms with Crippen LogP contribution in [0.4, 0.5) is 13.2 Å². The molecule has 0 aliphatic rings. The van der Waals surface area contributed by atoms with Gasteiger partial charge in [-0.25, -0.2) is 4.68 Å². The minimum atomic E-state index is -4.40. The monoisotopic (exact) mass is 242 g/mol. The second kappa shape index (κ2) is 4.46. The van der Waals surface area contributed by atoms with Crippen molar-refractivity contribution < 1.29 is 13.2 Å². The number of nitrogens with zero attached hydrogens (tertiary/aromatic N) is 4. The molecule has 0 N–H and O–H groups in total. The van der Waals surface area contributed by atoms with Crippen molar-refractivity contribution in [1.29, 1.82) is 10.5 Å². The molecule has 17 heavy (non-hydrogen) atoms.